The zero-order valence-electron chi connectivity index (χ0n) is 10.8. The average Bonchev–Trinajstić information content (AvgIpc) is 2.97. The lowest BCUT2D eigenvalue weighted by molar-refractivity contribution is 1.17. The minimum absolute atomic E-state index is 0.436. The van der Waals surface area contributed by atoms with E-state index < -0.39 is 0 Å². The molecule has 1 heterocycles. The molecule has 0 saturated heterocycles. The fraction of sp³-hybridized carbons (Fsp3) is 0.0625. The van der Waals surface area contributed by atoms with Crippen LogP contribution in [0.5, 0.6) is 0 Å². The largest absolute Gasteiger partial charge is 0.389 e. The monoisotopic (exact) mass is 298 g/mol. The molecular weight excluding hydrogens is 284 g/mol. The summed E-state index contributed by atoms with van der Waals surface area (Å²) in [6.07, 6.45) is 0. The van der Waals surface area contributed by atoms with Crippen molar-refractivity contribution < 1.29 is 0 Å². The van der Waals surface area contributed by atoms with Gasteiger partial charge in [0.2, 0.25) is 0 Å². The minimum atomic E-state index is 0.436. The number of hydrogen-bond acceptors (Lipinski definition) is 3. The second-order valence-electron chi connectivity index (χ2n) is 4.56. The summed E-state index contributed by atoms with van der Waals surface area (Å²) < 4.78 is 0. The Balaban J connectivity index is 1.99. The molecule has 2 aromatic carbocycles. The van der Waals surface area contributed by atoms with Crippen LogP contribution < -0.4 is 11.1 Å². The van der Waals surface area contributed by atoms with E-state index in [1.54, 1.807) is 11.3 Å². The van der Waals surface area contributed by atoms with Gasteiger partial charge in [0.15, 0.2) is 0 Å². The average molecular weight is 298 g/mol. The summed E-state index contributed by atoms with van der Waals surface area (Å²) in [5, 5.41) is 9.96. The molecule has 3 N–H and O–H groups in total. The molecule has 0 bridgehead atoms. The number of thiophene rings is 1. The highest BCUT2D eigenvalue weighted by Gasteiger charge is 2.07. The summed E-state index contributed by atoms with van der Waals surface area (Å²) in [6.45, 7) is 0.819. The van der Waals surface area contributed by atoms with E-state index in [0.717, 1.165) is 28.6 Å². The summed E-state index contributed by atoms with van der Waals surface area (Å²) in [5.41, 5.74) is 9.11. The summed E-state index contributed by atoms with van der Waals surface area (Å²) in [4.78, 5) is 0.436. The van der Waals surface area contributed by atoms with Crippen molar-refractivity contribution in [3.8, 4) is 0 Å². The SMILES string of the molecule is NC(=S)c1ccc(NCc2ccsc2)c2ccccc12. The van der Waals surface area contributed by atoms with Gasteiger partial charge in [0.25, 0.3) is 0 Å². The summed E-state index contributed by atoms with van der Waals surface area (Å²) in [6, 6.07) is 14.3. The number of nitrogens with one attached hydrogen (secondary N) is 1. The van der Waals surface area contributed by atoms with Crippen molar-refractivity contribution in [3.05, 3.63) is 64.4 Å². The van der Waals surface area contributed by atoms with Crippen LogP contribution >= 0.6 is 23.6 Å². The second kappa shape index (κ2) is 5.61. The number of nitrogens with two attached hydrogens (primary N) is 1. The number of anilines is 1. The minimum Gasteiger partial charge on any atom is -0.389 e. The zero-order valence-corrected chi connectivity index (χ0v) is 12.4. The van der Waals surface area contributed by atoms with Crippen LogP contribution in [0, 0.1) is 0 Å². The highest BCUT2D eigenvalue weighted by Crippen LogP contribution is 2.27. The molecule has 2 nitrogen and oxygen atoms in total. The van der Waals surface area contributed by atoms with Crippen LogP contribution in [0.25, 0.3) is 10.8 Å². The Morgan fingerprint density at radius 2 is 1.90 bits per heavy atom. The molecule has 100 valence electrons. The molecule has 3 aromatic rings. The topological polar surface area (TPSA) is 38.0 Å². The van der Waals surface area contributed by atoms with E-state index in [4.69, 9.17) is 18.0 Å². The molecule has 0 spiro atoms. The van der Waals surface area contributed by atoms with E-state index >= 15 is 0 Å². The van der Waals surface area contributed by atoms with Gasteiger partial charge in [0.05, 0.1) is 0 Å². The van der Waals surface area contributed by atoms with Crippen molar-refractivity contribution in [2.75, 3.05) is 5.32 Å². The Morgan fingerprint density at radius 1 is 1.10 bits per heavy atom. The normalized spacial score (nSPS) is 10.6. The maximum atomic E-state index is 5.79. The Bertz CT molecular complexity index is 748. The third kappa shape index (κ3) is 2.53. The number of hydrogen-bond donors (Lipinski definition) is 2. The maximum absolute atomic E-state index is 5.79. The first-order valence-corrected chi connectivity index (χ1v) is 7.67. The van der Waals surface area contributed by atoms with Crippen LogP contribution in [0.15, 0.2) is 53.2 Å². The van der Waals surface area contributed by atoms with E-state index in [1.165, 1.54) is 5.56 Å². The van der Waals surface area contributed by atoms with Gasteiger partial charge in [-0.2, -0.15) is 11.3 Å². The lowest BCUT2D eigenvalue weighted by Gasteiger charge is -2.12. The van der Waals surface area contributed by atoms with Crippen LogP contribution in [0.3, 0.4) is 0 Å². The van der Waals surface area contributed by atoms with E-state index in [0.29, 0.717) is 4.99 Å². The Kier molecular flexibility index (Phi) is 3.67. The maximum Gasteiger partial charge on any atom is 0.104 e. The van der Waals surface area contributed by atoms with E-state index in [2.05, 4.69) is 34.3 Å². The Labute approximate surface area is 127 Å². The molecule has 0 fully saturated rings. The van der Waals surface area contributed by atoms with E-state index in [9.17, 15) is 0 Å². The van der Waals surface area contributed by atoms with Crippen molar-refractivity contribution >= 4 is 45.0 Å². The van der Waals surface area contributed by atoms with Crippen molar-refractivity contribution in [2.24, 2.45) is 5.73 Å². The third-order valence-corrected chi connectivity index (χ3v) is 4.20. The van der Waals surface area contributed by atoms with Crippen LogP contribution in [-0.4, -0.2) is 4.99 Å². The molecule has 0 radical (unpaired) electrons. The van der Waals surface area contributed by atoms with Gasteiger partial charge in [-0.1, -0.05) is 36.5 Å². The number of fused-ring (bicyclic) bond motifs is 1. The van der Waals surface area contributed by atoms with Crippen LogP contribution in [-0.2, 0) is 6.54 Å². The lowest BCUT2D eigenvalue weighted by Crippen LogP contribution is -2.10. The fourth-order valence-corrected chi connectivity index (χ4v) is 3.11. The predicted octanol–water partition coefficient (Wildman–Crippen LogP) is 4.15. The molecule has 3 rings (SSSR count). The van der Waals surface area contributed by atoms with Gasteiger partial charge in [-0.05, 0) is 39.9 Å². The molecule has 4 heteroatoms. The van der Waals surface area contributed by atoms with Crippen LogP contribution in [0.2, 0.25) is 0 Å². The number of benzene rings is 2. The summed E-state index contributed by atoms with van der Waals surface area (Å²) in [7, 11) is 0. The number of thiocarbonyl (C=S) groups is 1. The highest BCUT2D eigenvalue weighted by molar-refractivity contribution is 7.80. The molecule has 20 heavy (non-hydrogen) atoms. The first-order chi connectivity index (χ1) is 9.75. The van der Waals surface area contributed by atoms with Crippen molar-refractivity contribution in [1.29, 1.82) is 0 Å². The van der Waals surface area contributed by atoms with Gasteiger partial charge in [-0.25, -0.2) is 0 Å². The fourth-order valence-electron chi connectivity index (χ4n) is 2.26. The van der Waals surface area contributed by atoms with Gasteiger partial charge in [0.1, 0.15) is 4.99 Å². The second-order valence-corrected chi connectivity index (χ2v) is 5.78. The Morgan fingerprint density at radius 3 is 2.60 bits per heavy atom. The van der Waals surface area contributed by atoms with Gasteiger partial charge in [-0.15, -0.1) is 0 Å². The van der Waals surface area contributed by atoms with Gasteiger partial charge >= 0.3 is 0 Å². The predicted molar refractivity (Wildman–Crippen MR) is 91.5 cm³/mol. The molecule has 0 unspecified atom stereocenters. The third-order valence-electron chi connectivity index (χ3n) is 3.25. The van der Waals surface area contributed by atoms with E-state index in [-0.39, 0.29) is 0 Å². The first-order valence-electron chi connectivity index (χ1n) is 6.32. The zero-order chi connectivity index (χ0) is 13.9. The molecule has 0 aliphatic heterocycles. The quantitative estimate of drug-likeness (QED) is 0.711. The smallest absolute Gasteiger partial charge is 0.104 e. The molecule has 0 aliphatic carbocycles. The first kappa shape index (κ1) is 13.1. The van der Waals surface area contributed by atoms with Gasteiger partial charge in [-0.3, -0.25) is 0 Å². The van der Waals surface area contributed by atoms with Gasteiger partial charge < -0.3 is 11.1 Å². The van der Waals surface area contributed by atoms with E-state index in [1.807, 2.05) is 24.3 Å². The highest BCUT2D eigenvalue weighted by atomic mass is 32.1. The number of rotatable bonds is 4. The molecule has 0 aliphatic rings. The molecular formula is C16H14N2S2. The Hall–Kier alpha value is -1.91. The molecule has 0 saturated carbocycles. The van der Waals surface area contributed by atoms with Crippen molar-refractivity contribution in [3.63, 3.8) is 0 Å². The molecule has 0 atom stereocenters. The van der Waals surface area contributed by atoms with Gasteiger partial charge in [0, 0.05) is 23.2 Å². The summed E-state index contributed by atoms with van der Waals surface area (Å²) in [5.74, 6) is 0. The molecule has 1 aromatic heterocycles. The lowest BCUT2D eigenvalue weighted by atomic mass is 10.0. The molecule has 0 amide bonds. The summed E-state index contributed by atoms with van der Waals surface area (Å²) >= 11 is 6.83. The van der Waals surface area contributed by atoms with Crippen LogP contribution in [0.4, 0.5) is 5.69 Å². The van der Waals surface area contributed by atoms with Crippen molar-refractivity contribution in [1.82, 2.24) is 0 Å². The standard InChI is InChI=1S/C16H14N2S2/c17-16(19)14-5-6-15(13-4-2-1-3-12(13)14)18-9-11-7-8-20-10-11/h1-8,10,18H,9H2,(H2,17,19). The van der Waals surface area contributed by atoms with Crippen molar-refractivity contribution in [2.45, 2.75) is 6.54 Å². The van der Waals surface area contributed by atoms with Crippen LogP contribution in [0.1, 0.15) is 11.1 Å².